The summed E-state index contributed by atoms with van der Waals surface area (Å²) < 4.78 is 0. The topological polar surface area (TPSA) is 26.0 Å². The van der Waals surface area contributed by atoms with Gasteiger partial charge in [-0.25, -0.2) is 0 Å². The van der Waals surface area contributed by atoms with Crippen molar-refractivity contribution in [2.75, 3.05) is 12.0 Å². The molecular weight excluding hydrogens is 166 g/mol. The van der Waals surface area contributed by atoms with E-state index >= 15 is 0 Å². The summed E-state index contributed by atoms with van der Waals surface area (Å²) in [6, 6.07) is 7.85. The van der Waals surface area contributed by atoms with Gasteiger partial charge in [-0.15, -0.1) is 24.2 Å². The maximum atomic E-state index is 5.61. The average Bonchev–Trinajstić information content (AvgIpc) is 1.89. The smallest absolute Gasteiger partial charge is 0.0452 e. The molecule has 0 spiro atoms. The maximum absolute atomic E-state index is 5.61. The van der Waals surface area contributed by atoms with E-state index in [4.69, 9.17) is 5.73 Å². The van der Waals surface area contributed by atoms with Gasteiger partial charge in [0.05, 0.1) is 0 Å². The Morgan fingerprint density at radius 1 is 1.30 bits per heavy atom. The molecule has 0 aliphatic rings. The van der Waals surface area contributed by atoms with Crippen molar-refractivity contribution in [3.05, 3.63) is 24.3 Å². The van der Waals surface area contributed by atoms with Gasteiger partial charge in [0.15, 0.2) is 0 Å². The van der Waals surface area contributed by atoms with Crippen molar-refractivity contribution in [1.82, 2.24) is 0 Å². The molecule has 0 fully saturated rings. The molecule has 2 N–H and O–H groups in total. The van der Waals surface area contributed by atoms with E-state index < -0.39 is 0 Å². The molecule has 0 aliphatic heterocycles. The van der Waals surface area contributed by atoms with Crippen LogP contribution in [0.2, 0.25) is 0 Å². The van der Waals surface area contributed by atoms with Gasteiger partial charge in [-0.05, 0) is 18.4 Å². The fraction of sp³-hybridized carbons (Fsp3) is 0.143. The lowest BCUT2D eigenvalue weighted by atomic mass is 10.3. The van der Waals surface area contributed by atoms with Crippen LogP contribution in [0.3, 0.4) is 0 Å². The van der Waals surface area contributed by atoms with E-state index in [2.05, 4.69) is 0 Å². The van der Waals surface area contributed by atoms with Crippen LogP contribution in [0.15, 0.2) is 29.2 Å². The molecule has 0 aliphatic carbocycles. The first-order chi connectivity index (χ1) is 4.34. The highest BCUT2D eigenvalue weighted by atomic mass is 35.5. The Labute approximate surface area is 71.4 Å². The first kappa shape index (κ1) is 9.66. The zero-order valence-electron chi connectivity index (χ0n) is 5.70. The number of rotatable bonds is 1. The van der Waals surface area contributed by atoms with E-state index in [0.29, 0.717) is 0 Å². The first-order valence-electron chi connectivity index (χ1n) is 2.73. The van der Waals surface area contributed by atoms with Crippen molar-refractivity contribution in [3.63, 3.8) is 0 Å². The fourth-order valence-corrected chi connectivity index (χ4v) is 1.18. The van der Waals surface area contributed by atoms with E-state index in [1.54, 1.807) is 11.8 Å². The molecule has 0 amide bonds. The third-order valence-electron chi connectivity index (χ3n) is 1.14. The zero-order valence-corrected chi connectivity index (χ0v) is 7.34. The van der Waals surface area contributed by atoms with Gasteiger partial charge >= 0.3 is 0 Å². The van der Waals surface area contributed by atoms with Crippen LogP contribution < -0.4 is 5.73 Å². The summed E-state index contributed by atoms with van der Waals surface area (Å²) in [6.45, 7) is 0. The number of nitrogens with two attached hydrogens (primary N) is 1. The third-order valence-corrected chi connectivity index (χ3v) is 1.95. The van der Waals surface area contributed by atoms with Crippen LogP contribution in [0.1, 0.15) is 0 Å². The quantitative estimate of drug-likeness (QED) is 0.524. The molecule has 0 bridgehead atoms. The molecule has 0 saturated carbocycles. The van der Waals surface area contributed by atoms with Crippen molar-refractivity contribution in [2.24, 2.45) is 0 Å². The molecule has 0 radical (unpaired) electrons. The number of thioether (sulfide) groups is 1. The third kappa shape index (κ3) is 2.12. The summed E-state index contributed by atoms with van der Waals surface area (Å²) in [6.07, 6.45) is 2.02. The Bertz CT molecular complexity index is 203. The number of hydrogen-bond acceptors (Lipinski definition) is 2. The molecule has 1 aromatic carbocycles. The molecule has 1 rings (SSSR count). The lowest BCUT2D eigenvalue weighted by Crippen LogP contribution is -1.85. The number of para-hydroxylation sites is 1. The Balaban J connectivity index is 0.000000810. The summed E-state index contributed by atoms with van der Waals surface area (Å²) in [4.78, 5) is 1.15. The molecule has 10 heavy (non-hydrogen) atoms. The SMILES string of the molecule is CSc1ccccc1N.Cl. The molecule has 1 nitrogen and oxygen atoms in total. The summed E-state index contributed by atoms with van der Waals surface area (Å²) in [5.41, 5.74) is 6.48. The van der Waals surface area contributed by atoms with Crippen molar-refractivity contribution in [1.29, 1.82) is 0 Å². The lowest BCUT2D eigenvalue weighted by molar-refractivity contribution is 1.47. The molecule has 3 heteroatoms. The fourth-order valence-electron chi connectivity index (χ4n) is 0.666. The monoisotopic (exact) mass is 175 g/mol. The number of anilines is 1. The standard InChI is InChI=1S/C7H9NS.ClH/c1-9-7-5-3-2-4-6(7)8;/h2-5H,8H2,1H3;1H. The first-order valence-corrected chi connectivity index (χ1v) is 3.95. The summed E-state index contributed by atoms with van der Waals surface area (Å²) >= 11 is 1.67. The molecule has 0 heterocycles. The van der Waals surface area contributed by atoms with Crippen LogP contribution in [0.25, 0.3) is 0 Å². The minimum absolute atomic E-state index is 0. The summed E-state index contributed by atoms with van der Waals surface area (Å²) in [5.74, 6) is 0. The van der Waals surface area contributed by atoms with Gasteiger partial charge in [-0.2, -0.15) is 0 Å². The second kappa shape index (κ2) is 4.47. The highest BCUT2D eigenvalue weighted by Crippen LogP contribution is 2.20. The molecule has 0 atom stereocenters. The zero-order chi connectivity index (χ0) is 6.69. The van der Waals surface area contributed by atoms with Crippen molar-refractivity contribution < 1.29 is 0 Å². The van der Waals surface area contributed by atoms with Gasteiger partial charge in [0.25, 0.3) is 0 Å². The number of benzene rings is 1. The average molecular weight is 176 g/mol. The molecule has 0 aromatic heterocycles. The number of hydrogen-bond donors (Lipinski definition) is 1. The van der Waals surface area contributed by atoms with Gasteiger partial charge in [-0.1, -0.05) is 12.1 Å². The highest BCUT2D eigenvalue weighted by Gasteiger charge is 1.91. The maximum Gasteiger partial charge on any atom is 0.0452 e. The minimum atomic E-state index is 0. The van der Waals surface area contributed by atoms with Gasteiger partial charge in [0.2, 0.25) is 0 Å². The van der Waals surface area contributed by atoms with Crippen molar-refractivity contribution >= 4 is 29.9 Å². The van der Waals surface area contributed by atoms with E-state index in [9.17, 15) is 0 Å². The van der Waals surface area contributed by atoms with E-state index in [1.165, 1.54) is 0 Å². The molecular formula is C7H10ClNS. The van der Waals surface area contributed by atoms with E-state index in [-0.39, 0.29) is 12.4 Å². The van der Waals surface area contributed by atoms with Crippen LogP contribution in [-0.2, 0) is 0 Å². The van der Waals surface area contributed by atoms with E-state index in [1.807, 2.05) is 30.5 Å². The normalized spacial score (nSPS) is 8.50. The van der Waals surface area contributed by atoms with Gasteiger partial charge in [-0.3, -0.25) is 0 Å². The van der Waals surface area contributed by atoms with Gasteiger partial charge in [0.1, 0.15) is 0 Å². The van der Waals surface area contributed by atoms with Crippen LogP contribution in [0.5, 0.6) is 0 Å². The summed E-state index contributed by atoms with van der Waals surface area (Å²) in [7, 11) is 0. The predicted octanol–water partition coefficient (Wildman–Crippen LogP) is 2.41. The second-order valence-electron chi connectivity index (χ2n) is 1.74. The van der Waals surface area contributed by atoms with E-state index in [0.717, 1.165) is 10.6 Å². The molecule has 0 saturated heterocycles. The highest BCUT2D eigenvalue weighted by molar-refractivity contribution is 7.98. The van der Waals surface area contributed by atoms with Gasteiger partial charge in [0, 0.05) is 10.6 Å². The predicted molar refractivity (Wildman–Crippen MR) is 49.9 cm³/mol. The Morgan fingerprint density at radius 3 is 2.30 bits per heavy atom. The molecule has 1 aromatic rings. The number of nitrogen functional groups attached to an aromatic ring is 1. The Morgan fingerprint density at radius 2 is 1.90 bits per heavy atom. The van der Waals surface area contributed by atoms with Crippen molar-refractivity contribution in [2.45, 2.75) is 4.90 Å². The Hall–Kier alpha value is -0.340. The van der Waals surface area contributed by atoms with Crippen LogP contribution in [0.4, 0.5) is 5.69 Å². The van der Waals surface area contributed by atoms with Crippen LogP contribution in [0, 0.1) is 0 Å². The molecule has 0 unspecified atom stereocenters. The largest absolute Gasteiger partial charge is 0.398 e. The van der Waals surface area contributed by atoms with Crippen molar-refractivity contribution in [3.8, 4) is 0 Å². The number of halogens is 1. The van der Waals surface area contributed by atoms with Crippen LogP contribution >= 0.6 is 24.2 Å². The summed E-state index contributed by atoms with van der Waals surface area (Å²) in [5, 5.41) is 0. The molecule has 56 valence electrons. The minimum Gasteiger partial charge on any atom is -0.398 e. The second-order valence-corrected chi connectivity index (χ2v) is 2.59. The lowest BCUT2D eigenvalue weighted by Gasteiger charge is -1.97. The van der Waals surface area contributed by atoms with Gasteiger partial charge < -0.3 is 5.73 Å². The van der Waals surface area contributed by atoms with Crippen LogP contribution in [-0.4, -0.2) is 6.26 Å². The Kier molecular flexibility index (Phi) is 4.32.